The van der Waals surface area contributed by atoms with Crippen LogP contribution in [0.25, 0.3) is 0 Å². The highest BCUT2D eigenvalue weighted by Crippen LogP contribution is 2.25. The van der Waals surface area contributed by atoms with Gasteiger partial charge in [0.1, 0.15) is 18.1 Å². The van der Waals surface area contributed by atoms with E-state index in [1.807, 2.05) is 18.2 Å². The highest BCUT2D eigenvalue weighted by molar-refractivity contribution is 7.91. The van der Waals surface area contributed by atoms with Crippen molar-refractivity contribution in [3.05, 3.63) is 48.5 Å². The predicted molar refractivity (Wildman–Crippen MR) is 81.4 cm³/mol. The maximum Gasteiger partial charge on any atom is 0.183 e. The molecule has 0 fully saturated rings. The molecule has 2 aromatic rings. The molecule has 21 heavy (non-hydrogen) atoms. The number of methoxy groups -OCH3 is 1. The Morgan fingerprint density at radius 1 is 1.05 bits per heavy atom. The van der Waals surface area contributed by atoms with Crippen LogP contribution < -0.4 is 15.2 Å². The van der Waals surface area contributed by atoms with Crippen molar-refractivity contribution in [3.8, 4) is 11.5 Å². The van der Waals surface area contributed by atoms with E-state index in [1.165, 1.54) is 19.2 Å². The van der Waals surface area contributed by atoms with Gasteiger partial charge in [-0.2, -0.15) is 0 Å². The zero-order chi connectivity index (χ0) is 15.3. The molecule has 0 amide bonds. The Labute approximate surface area is 124 Å². The van der Waals surface area contributed by atoms with Gasteiger partial charge in [0, 0.05) is 6.07 Å². The Morgan fingerprint density at radius 2 is 1.76 bits per heavy atom. The van der Waals surface area contributed by atoms with Gasteiger partial charge >= 0.3 is 0 Å². The minimum absolute atomic E-state index is 0.0585. The van der Waals surface area contributed by atoms with Gasteiger partial charge in [-0.05, 0) is 24.3 Å². The van der Waals surface area contributed by atoms with Crippen LogP contribution in [-0.2, 0) is 9.84 Å². The van der Waals surface area contributed by atoms with E-state index >= 15 is 0 Å². The lowest BCUT2D eigenvalue weighted by atomic mass is 10.3. The van der Waals surface area contributed by atoms with Gasteiger partial charge in [0.15, 0.2) is 9.84 Å². The summed E-state index contributed by atoms with van der Waals surface area (Å²) in [5.41, 5.74) is 5.94. The van der Waals surface area contributed by atoms with Crippen molar-refractivity contribution in [1.29, 1.82) is 0 Å². The molecule has 5 nitrogen and oxygen atoms in total. The summed E-state index contributed by atoms with van der Waals surface area (Å²) in [4.78, 5) is 0.0681. The van der Waals surface area contributed by atoms with Crippen LogP contribution in [0.3, 0.4) is 0 Å². The van der Waals surface area contributed by atoms with E-state index in [1.54, 1.807) is 18.2 Å². The molecule has 0 spiro atoms. The van der Waals surface area contributed by atoms with E-state index in [9.17, 15) is 8.42 Å². The predicted octanol–water partition coefficient (Wildman–Crippen LogP) is 2.13. The molecule has 0 unspecified atom stereocenters. The van der Waals surface area contributed by atoms with E-state index < -0.39 is 9.84 Å². The quantitative estimate of drug-likeness (QED) is 0.827. The van der Waals surface area contributed by atoms with Crippen LogP contribution in [-0.4, -0.2) is 27.9 Å². The van der Waals surface area contributed by atoms with Crippen LogP contribution in [0.1, 0.15) is 0 Å². The molecule has 0 aliphatic heterocycles. The molecule has 6 heteroatoms. The van der Waals surface area contributed by atoms with E-state index in [0.717, 1.165) is 0 Å². The summed E-state index contributed by atoms with van der Waals surface area (Å²) in [6, 6.07) is 13.6. The number of anilines is 1. The summed E-state index contributed by atoms with van der Waals surface area (Å²) in [6.07, 6.45) is 0. The standard InChI is InChI=1S/C15H17NO4S/c1-19-13-7-8-14(16)15(11-13)21(17,18)10-9-20-12-5-3-2-4-6-12/h2-8,11H,9-10,16H2,1H3. The lowest BCUT2D eigenvalue weighted by Crippen LogP contribution is -2.15. The first-order chi connectivity index (χ1) is 10.0. The molecule has 0 saturated heterocycles. The Hall–Kier alpha value is -2.21. The van der Waals surface area contributed by atoms with Crippen molar-refractivity contribution < 1.29 is 17.9 Å². The van der Waals surface area contributed by atoms with Crippen molar-refractivity contribution >= 4 is 15.5 Å². The zero-order valence-electron chi connectivity index (χ0n) is 11.7. The van der Waals surface area contributed by atoms with Gasteiger partial charge in [-0.25, -0.2) is 8.42 Å². The molecular weight excluding hydrogens is 290 g/mol. The minimum Gasteiger partial charge on any atom is -0.497 e. The number of nitrogens with two attached hydrogens (primary N) is 1. The van der Waals surface area contributed by atoms with Gasteiger partial charge in [0.05, 0.1) is 23.4 Å². The van der Waals surface area contributed by atoms with Gasteiger partial charge in [-0.3, -0.25) is 0 Å². The Kier molecular flexibility index (Phi) is 4.70. The average Bonchev–Trinajstić information content (AvgIpc) is 2.48. The molecule has 2 aromatic carbocycles. The number of hydrogen-bond acceptors (Lipinski definition) is 5. The largest absolute Gasteiger partial charge is 0.497 e. The fourth-order valence-electron chi connectivity index (χ4n) is 1.81. The SMILES string of the molecule is COc1ccc(N)c(S(=O)(=O)CCOc2ccccc2)c1. The summed E-state index contributed by atoms with van der Waals surface area (Å²) in [7, 11) is -2.05. The van der Waals surface area contributed by atoms with Crippen molar-refractivity contribution in [2.45, 2.75) is 4.90 Å². The summed E-state index contributed by atoms with van der Waals surface area (Å²) < 4.78 is 35.0. The summed E-state index contributed by atoms with van der Waals surface area (Å²) >= 11 is 0. The third-order valence-electron chi connectivity index (χ3n) is 2.92. The second kappa shape index (κ2) is 6.49. The molecule has 0 aliphatic carbocycles. The van der Waals surface area contributed by atoms with Gasteiger partial charge < -0.3 is 15.2 Å². The van der Waals surface area contributed by atoms with Gasteiger partial charge in [-0.15, -0.1) is 0 Å². The third-order valence-corrected chi connectivity index (χ3v) is 4.65. The van der Waals surface area contributed by atoms with E-state index in [-0.39, 0.29) is 22.9 Å². The number of nitrogen functional groups attached to an aromatic ring is 1. The number of para-hydroxylation sites is 1. The number of rotatable bonds is 6. The number of hydrogen-bond donors (Lipinski definition) is 1. The van der Waals surface area contributed by atoms with E-state index in [2.05, 4.69) is 0 Å². The highest BCUT2D eigenvalue weighted by Gasteiger charge is 2.18. The van der Waals surface area contributed by atoms with Crippen LogP contribution in [0.5, 0.6) is 11.5 Å². The molecule has 0 radical (unpaired) electrons. The maximum atomic E-state index is 12.3. The second-order valence-corrected chi connectivity index (χ2v) is 6.46. The van der Waals surface area contributed by atoms with Crippen molar-refractivity contribution in [3.63, 3.8) is 0 Å². The molecule has 2 N–H and O–H groups in total. The Bertz CT molecular complexity index is 699. The van der Waals surface area contributed by atoms with Crippen molar-refractivity contribution in [2.75, 3.05) is 25.2 Å². The molecule has 0 heterocycles. The molecule has 2 rings (SSSR count). The molecule has 112 valence electrons. The monoisotopic (exact) mass is 307 g/mol. The molecule has 0 saturated carbocycles. The fraction of sp³-hybridized carbons (Fsp3) is 0.200. The van der Waals surface area contributed by atoms with Crippen LogP contribution in [0, 0.1) is 0 Å². The van der Waals surface area contributed by atoms with Gasteiger partial charge in [0.2, 0.25) is 0 Å². The van der Waals surface area contributed by atoms with Gasteiger partial charge in [0.25, 0.3) is 0 Å². The molecule has 0 aromatic heterocycles. The average molecular weight is 307 g/mol. The Balaban J connectivity index is 2.08. The summed E-state index contributed by atoms with van der Waals surface area (Å²) in [5.74, 6) is 0.928. The fourth-order valence-corrected chi connectivity index (χ4v) is 3.05. The second-order valence-electron chi connectivity index (χ2n) is 4.38. The van der Waals surface area contributed by atoms with Crippen LogP contribution in [0.4, 0.5) is 5.69 Å². The molecule has 0 atom stereocenters. The van der Waals surface area contributed by atoms with Crippen LogP contribution in [0.2, 0.25) is 0 Å². The molecular formula is C15H17NO4S. The lowest BCUT2D eigenvalue weighted by molar-refractivity contribution is 0.341. The summed E-state index contributed by atoms with van der Waals surface area (Å²) in [6.45, 7) is 0.0585. The lowest BCUT2D eigenvalue weighted by Gasteiger charge is -2.10. The van der Waals surface area contributed by atoms with Crippen LogP contribution in [0.15, 0.2) is 53.4 Å². The molecule has 0 bridgehead atoms. The first-order valence-electron chi connectivity index (χ1n) is 6.37. The summed E-state index contributed by atoms with van der Waals surface area (Å²) in [5, 5.41) is 0. The smallest absolute Gasteiger partial charge is 0.183 e. The van der Waals surface area contributed by atoms with E-state index in [0.29, 0.717) is 11.5 Å². The third kappa shape index (κ3) is 3.88. The zero-order valence-corrected chi connectivity index (χ0v) is 12.5. The minimum atomic E-state index is -3.52. The van der Waals surface area contributed by atoms with Gasteiger partial charge in [-0.1, -0.05) is 18.2 Å². The topological polar surface area (TPSA) is 78.6 Å². The van der Waals surface area contributed by atoms with Crippen molar-refractivity contribution in [2.24, 2.45) is 0 Å². The first-order valence-corrected chi connectivity index (χ1v) is 8.02. The highest BCUT2D eigenvalue weighted by atomic mass is 32.2. The normalized spacial score (nSPS) is 11.1. The van der Waals surface area contributed by atoms with Crippen molar-refractivity contribution in [1.82, 2.24) is 0 Å². The molecule has 0 aliphatic rings. The van der Waals surface area contributed by atoms with E-state index in [4.69, 9.17) is 15.2 Å². The number of sulfone groups is 1. The number of ether oxygens (including phenoxy) is 2. The maximum absolute atomic E-state index is 12.3. The van der Waals surface area contributed by atoms with Crippen LogP contribution >= 0.6 is 0 Å². The first kappa shape index (κ1) is 15.2. The Morgan fingerprint density at radius 3 is 2.43 bits per heavy atom. The number of benzene rings is 2.